The maximum atomic E-state index is 12.9. The predicted octanol–water partition coefficient (Wildman–Crippen LogP) is 2.10. The normalized spacial score (nSPS) is 26.7. The average Bonchev–Trinajstić information content (AvgIpc) is 3.27. The number of rotatable bonds is 4. The third-order valence-corrected chi connectivity index (χ3v) is 4.91. The number of nitrogens with one attached hydrogen (secondary N) is 1. The van der Waals surface area contributed by atoms with Crippen LogP contribution in [0.25, 0.3) is 0 Å². The lowest BCUT2D eigenvalue weighted by molar-refractivity contribution is -0.143. The first-order valence-corrected chi connectivity index (χ1v) is 8.55. The number of hydrazine groups is 1. The van der Waals surface area contributed by atoms with Gasteiger partial charge in [0.15, 0.2) is 0 Å². The second kappa shape index (κ2) is 6.13. The fourth-order valence-corrected chi connectivity index (χ4v) is 3.83. The molecule has 1 N–H and O–H groups in total. The van der Waals surface area contributed by atoms with E-state index in [1.165, 1.54) is 4.90 Å². The summed E-state index contributed by atoms with van der Waals surface area (Å²) in [6.45, 7) is 4.28. The van der Waals surface area contributed by atoms with Gasteiger partial charge in [-0.05, 0) is 31.5 Å². The number of hydrogen-bond donors (Lipinski definition) is 1. The van der Waals surface area contributed by atoms with E-state index in [1.54, 1.807) is 12.3 Å². The molecule has 0 saturated carbocycles. The highest BCUT2D eigenvalue weighted by Crippen LogP contribution is 2.41. The molecule has 0 radical (unpaired) electrons. The Morgan fingerprint density at radius 2 is 1.84 bits per heavy atom. The summed E-state index contributed by atoms with van der Waals surface area (Å²) in [7, 11) is 0. The Balaban J connectivity index is 1.69. The molecule has 0 spiro atoms. The largest absolute Gasteiger partial charge is 0.468 e. The molecule has 4 rings (SSSR count). The van der Waals surface area contributed by atoms with Gasteiger partial charge in [-0.25, -0.2) is 10.4 Å². The van der Waals surface area contributed by atoms with Gasteiger partial charge in [0.25, 0.3) is 0 Å². The van der Waals surface area contributed by atoms with Crippen molar-refractivity contribution in [2.45, 2.75) is 38.5 Å². The predicted molar refractivity (Wildman–Crippen MR) is 90.8 cm³/mol. The molecule has 2 amide bonds. The molecule has 130 valence electrons. The zero-order valence-electron chi connectivity index (χ0n) is 14.3. The lowest BCUT2D eigenvalue weighted by Crippen LogP contribution is -2.46. The van der Waals surface area contributed by atoms with E-state index in [4.69, 9.17) is 4.42 Å². The minimum Gasteiger partial charge on any atom is -0.468 e. The summed E-state index contributed by atoms with van der Waals surface area (Å²) in [5.74, 6) is -0.0565. The summed E-state index contributed by atoms with van der Waals surface area (Å²) in [6, 6.07) is 12.6. The highest BCUT2D eigenvalue weighted by Gasteiger charge is 2.59. The SMILES string of the molecule is CC(C)N1C(=O)C2C(c3ccco3)NN(Cc3ccccc3)C2C1=O. The van der Waals surface area contributed by atoms with Gasteiger partial charge in [-0.1, -0.05) is 30.3 Å². The number of furan rings is 1. The van der Waals surface area contributed by atoms with Crippen molar-refractivity contribution in [3.05, 3.63) is 60.1 Å². The molecule has 0 aliphatic carbocycles. The molecular formula is C19H21N3O3. The first-order valence-electron chi connectivity index (χ1n) is 8.55. The fourth-order valence-electron chi connectivity index (χ4n) is 3.83. The molecular weight excluding hydrogens is 318 g/mol. The van der Waals surface area contributed by atoms with Gasteiger partial charge < -0.3 is 4.42 Å². The van der Waals surface area contributed by atoms with Crippen LogP contribution in [0, 0.1) is 5.92 Å². The molecule has 0 bridgehead atoms. The van der Waals surface area contributed by atoms with E-state index in [9.17, 15) is 9.59 Å². The molecule has 2 aliphatic rings. The zero-order chi connectivity index (χ0) is 17.6. The molecule has 25 heavy (non-hydrogen) atoms. The topological polar surface area (TPSA) is 65.8 Å². The molecule has 1 aromatic heterocycles. The Kier molecular flexibility index (Phi) is 3.94. The van der Waals surface area contributed by atoms with E-state index in [-0.39, 0.29) is 23.9 Å². The van der Waals surface area contributed by atoms with Crippen molar-refractivity contribution in [3.8, 4) is 0 Å². The molecule has 1 aromatic carbocycles. The standard InChI is InChI=1S/C19H21N3O3/c1-12(2)22-18(23)15-16(14-9-6-10-25-14)20-21(17(15)19(22)24)11-13-7-4-3-5-8-13/h3-10,12,15-17,20H,11H2,1-2H3. The zero-order valence-corrected chi connectivity index (χ0v) is 14.3. The van der Waals surface area contributed by atoms with Crippen LogP contribution in [-0.4, -0.2) is 33.8 Å². The van der Waals surface area contributed by atoms with Crippen LogP contribution in [0.15, 0.2) is 53.1 Å². The first-order chi connectivity index (χ1) is 12.1. The second-order valence-corrected chi connectivity index (χ2v) is 6.85. The highest BCUT2D eigenvalue weighted by atomic mass is 16.3. The Morgan fingerprint density at radius 3 is 2.48 bits per heavy atom. The molecule has 3 unspecified atom stereocenters. The fraction of sp³-hybridized carbons (Fsp3) is 0.368. The Bertz CT molecular complexity index is 772. The van der Waals surface area contributed by atoms with Gasteiger partial charge in [-0.2, -0.15) is 0 Å². The molecule has 3 atom stereocenters. The van der Waals surface area contributed by atoms with E-state index in [2.05, 4.69) is 5.43 Å². The van der Waals surface area contributed by atoms with Crippen LogP contribution in [0.5, 0.6) is 0 Å². The van der Waals surface area contributed by atoms with Gasteiger partial charge in [0.05, 0.1) is 18.2 Å². The van der Waals surface area contributed by atoms with Crippen molar-refractivity contribution in [1.82, 2.24) is 15.3 Å². The second-order valence-electron chi connectivity index (χ2n) is 6.85. The summed E-state index contributed by atoms with van der Waals surface area (Å²) >= 11 is 0. The number of carbonyl (C=O) groups excluding carboxylic acids is 2. The number of carbonyl (C=O) groups is 2. The van der Waals surface area contributed by atoms with E-state index < -0.39 is 12.0 Å². The van der Waals surface area contributed by atoms with Gasteiger partial charge in [-0.15, -0.1) is 0 Å². The lowest BCUT2D eigenvalue weighted by atomic mass is 9.94. The van der Waals surface area contributed by atoms with Crippen molar-refractivity contribution in [3.63, 3.8) is 0 Å². The van der Waals surface area contributed by atoms with E-state index in [1.807, 2.05) is 55.3 Å². The molecule has 6 nitrogen and oxygen atoms in total. The average molecular weight is 339 g/mol. The number of fused-ring (bicyclic) bond motifs is 1. The minimum absolute atomic E-state index is 0.130. The van der Waals surface area contributed by atoms with Crippen LogP contribution in [-0.2, 0) is 16.1 Å². The van der Waals surface area contributed by atoms with Crippen LogP contribution >= 0.6 is 0 Å². The molecule has 2 aliphatic heterocycles. The summed E-state index contributed by atoms with van der Waals surface area (Å²) < 4.78 is 5.53. The van der Waals surface area contributed by atoms with Crippen LogP contribution in [0.3, 0.4) is 0 Å². The van der Waals surface area contributed by atoms with Crippen molar-refractivity contribution < 1.29 is 14.0 Å². The van der Waals surface area contributed by atoms with Crippen LogP contribution in [0.1, 0.15) is 31.2 Å². The van der Waals surface area contributed by atoms with Crippen LogP contribution < -0.4 is 5.43 Å². The Hall–Kier alpha value is -2.44. The van der Waals surface area contributed by atoms with Crippen molar-refractivity contribution >= 4 is 11.8 Å². The molecule has 2 saturated heterocycles. The molecule has 2 fully saturated rings. The first kappa shape index (κ1) is 16.1. The van der Waals surface area contributed by atoms with E-state index in [0.29, 0.717) is 12.3 Å². The number of nitrogens with zero attached hydrogens (tertiary/aromatic N) is 2. The summed E-state index contributed by atoms with van der Waals surface area (Å²) in [6.07, 6.45) is 1.59. The number of likely N-dealkylation sites (tertiary alicyclic amines) is 1. The number of benzene rings is 1. The van der Waals surface area contributed by atoms with Gasteiger partial charge in [-0.3, -0.25) is 14.5 Å². The van der Waals surface area contributed by atoms with E-state index >= 15 is 0 Å². The number of hydrogen-bond acceptors (Lipinski definition) is 5. The van der Waals surface area contributed by atoms with Crippen molar-refractivity contribution in [2.75, 3.05) is 0 Å². The quantitative estimate of drug-likeness (QED) is 0.864. The van der Waals surface area contributed by atoms with Crippen LogP contribution in [0.2, 0.25) is 0 Å². The van der Waals surface area contributed by atoms with E-state index in [0.717, 1.165) is 5.56 Å². The van der Waals surface area contributed by atoms with Gasteiger partial charge in [0.1, 0.15) is 11.8 Å². The Labute approximate surface area is 146 Å². The smallest absolute Gasteiger partial charge is 0.249 e. The van der Waals surface area contributed by atoms with Gasteiger partial charge in [0, 0.05) is 12.6 Å². The van der Waals surface area contributed by atoms with Gasteiger partial charge >= 0.3 is 0 Å². The monoisotopic (exact) mass is 339 g/mol. The molecule has 6 heteroatoms. The lowest BCUT2D eigenvalue weighted by Gasteiger charge is -2.26. The van der Waals surface area contributed by atoms with Crippen molar-refractivity contribution in [1.29, 1.82) is 0 Å². The molecule has 3 heterocycles. The summed E-state index contributed by atoms with van der Waals surface area (Å²) in [4.78, 5) is 27.3. The maximum Gasteiger partial charge on any atom is 0.249 e. The highest BCUT2D eigenvalue weighted by molar-refractivity contribution is 6.08. The summed E-state index contributed by atoms with van der Waals surface area (Å²) in [5, 5.41) is 1.88. The number of amides is 2. The van der Waals surface area contributed by atoms with Crippen LogP contribution in [0.4, 0.5) is 0 Å². The number of imide groups is 1. The molecule has 2 aromatic rings. The maximum absolute atomic E-state index is 12.9. The third-order valence-electron chi connectivity index (χ3n) is 4.91. The Morgan fingerprint density at radius 1 is 1.08 bits per heavy atom. The minimum atomic E-state index is -0.509. The third kappa shape index (κ3) is 2.58. The van der Waals surface area contributed by atoms with Crippen molar-refractivity contribution in [2.24, 2.45) is 5.92 Å². The summed E-state index contributed by atoms with van der Waals surface area (Å²) in [5.41, 5.74) is 4.42. The van der Waals surface area contributed by atoms with Gasteiger partial charge in [0.2, 0.25) is 11.8 Å².